The van der Waals surface area contributed by atoms with Gasteiger partial charge in [0.2, 0.25) is 0 Å². The first kappa shape index (κ1) is 17.5. The number of aromatic amines is 1. The summed E-state index contributed by atoms with van der Waals surface area (Å²) in [6, 6.07) is 20.7. The van der Waals surface area contributed by atoms with Gasteiger partial charge in [0, 0.05) is 22.7 Å². The number of hydrogen-bond donors (Lipinski definition) is 3. The average molecular weight is 370 g/mol. The summed E-state index contributed by atoms with van der Waals surface area (Å²) in [5, 5.41) is 0.791. The molecule has 0 saturated carbocycles. The summed E-state index contributed by atoms with van der Waals surface area (Å²) < 4.78 is 0. The summed E-state index contributed by atoms with van der Waals surface area (Å²) >= 11 is 0. The molecule has 6 nitrogen and oxygen atoms in total. The largest absolute Gasteiger partial charge is 0.360 e. The van der Waals surface area contributed by atoms with E-state index in [4.69, 9.17) is 0 Å². The highest BCUT2D eigenvalue weighted by molar-refractivity contribution is 6.07. The Bertz CT molecular complexity index is 1170. The molecule has 2 aromatic carbocycles. The molecule has 138 valence electrons. The van der Waals surface area contributed by atoms with Crippen LogP contribution in [-0.4, -0.2) is 21.8 Å². The van der Waals surface area contributed by atoms with Crippen LogP contribution in [0.25, 0.3) is 22.2 Å². The van der Waals surface area contributed by atoms with Crippen molar-refractivity contribution >= 4 is 22.7 Å². The Labute approximate surface area is 161 Å². The molecular weight excluding hydrogens is 352 g/mol. The van der Waals surface area contributed by atoms with Crippen LogP contribution in [0.15, 0.2) is 72.9 Å². The molecule has 0 fully saturated rings. The van der Waals surface area contributed by atoms with Gasteiger partial charge in [-0.3, -0.25) is 25.4 Å². The second-order valence-electron chi connectivity index (χ2n) is 6.35. The predicted octanol–water partition coefficient (Wildman–Crippen LogP) is 3.61. The van der Waals surface area contributed by atoms with Gasteiger partial charge in [-0.15, -0.1) is 0 Å². The molecule has 6 heteroatoms. The first-order valence-corrected chi connectivity index (χ1v) is 8.83. The zero-order valence-electron chi connectivity index (χ0n) is 15.2. The maximum absolute atomic E-state index is 12.5. The van der Waals surface area contributed by atoms with Crippen LogP contribution in [0.2, 0.25) is 0 Å². The number of benzene rings is 2. The molecule has 2 aromatic heterocycles. The summed E-state index contributed by atoms with van der Waals surface area (Å²) in [4.78, 5) is 32.4. The van der Waals surface area contributed by atoms with Crippen LogP contribution in [0.5, 0.6) is 0 Å². The Morgan fingerprint density at radius 3 is 2.25 bits per heavy atom. The van der Waals surface area contributed by atoms with Gasteiger partial charge in [0.15, 0.2) is 0 Å². The van der Waals surface area contributed by atoms with E-state index in [-0.39, 0.29) is 0 Å². The second kappa shape index (κ2) is 7.36. The normalized spacial score (nSPS) is 10.6. The number of nitrogens with zero attached hydrogens (tertiary/aromatic N) is 1. The molecule has 0 aliphatic carbocycles. The number of H-pyrrole nitrogens is 1. The molecule has 2 amide bonds. The number of hydrazine groups is 1. The molecule has 0 radical (unpaired) electrons. The van der Waals surface area contributed by atoms with Gasteiger partial charge in [-0.05, 0) is 25.1 Å². The van der Waals surface area contributed by atoms with Crippen molar-refractivity contribution in [3.8, 4) is 11.3 Å². The van der Waals surface area contributed by atoms with Gasteiger partial charge in [0.05, 0.1) is 22.5 Å². The summed E-state index contributed by atoms with van der Waals surface area (Å²) in [7, 11) is 0. The summed E-state index contributed by atoms with van der Waals surface area (Å²) in [5.74, 6) is -0.810. The van der Waals surface area contributed by atoms with Crippen LogP contribution in [-0.2, 0) is 0 Å². The molecule has 0 aliphatic rings. The average Bonchev–Trinajstić information content (AvgIpc) is 3.16. The number of pyridine rings is 1. The molecular formula is C22H18N4O2. The number of hydrogen-bond acceptors (Lipinski definition) is 3. The van der Waals surface area contributed by atoms with Crippen LogP contribution >= 0.6 is 0 Å². The van der Waals surface area contributed by atoms with Gasteiger partial charge in [-0.25, -0.2) is 0 Å². The number of nitrogens with one attached hydrogen (secondary N) is 3. The quantitative estimate of drug-likeness (QED) is 0.482. The molecule has 4 aromatic rings. The van der Waals surface area contributed by atoms with Gasteiger partial charge in [-0.2, -0.15) is 0 Å². The fourth-order valence-corrected chi connectivity index (χ4v) is 3.08. The minimum atomic E-state index is -0.419. The minimum absolute atomic E-state index is 0.391. The molecule has 0 saturated heterocycles. The Kier molecular flexibility index (Phi) is 4.60. The fraction of sp³-hybridized carbons (Fsp3) is 0.0455. The zero-order chi connectivity index (χ0) is 19.5. The number of aryl methyl sites for hydroxylation is 1. The van der Waals surface area contributed by atoms with E-state index in [1.54, 1.807) is 25.3 Å². The Morgan fingerprint density at radius 2 is 1.50 bits per heavy atom. The smallest absolute Gasteiger partial charge is 0.271 e. The van der Waals surface area contributed by atoms with Crippen molar-refractivity contribution < 1.29 is 9.59 Å². The van der Waals surface area contributed by atoms with E-state index in [0.717, 1.165) is 22.2 Å². The van der Waals surface area contributed by atoms with Crippen LogP contribution < -0.4 is 10.9 Å². The van der Waals surface area contributed by atoms with Crippen molar-refractivity contribution in [3.05, 3.63) is 89.7 Å². The number of carbonyl (C=O) groups is 2. The number of para-hydroxylation sites is 1. The molecule has 0 aliphatic heterocycles. The highest BCUT2D eigenvalue weighted by Crippen LogP contribution is 2.19. The van der Waals surface area contributed by atoms with Gasteiger partial charge in [0.1, 0.15) is 0 Å². The van der Waals surface area contributed by atoms with Crippen molar-refractivity contribution in [1.82, 2.24) is 20.8 Å². The van der Waals surface area contributed by atoms with E-state index >= 15 is 0 Å². The molecule has 0 spiro atoms. The second-order valence-corrected chi connectivity index (χ2v) is 6.35. The van der Waals surface area contributed by atoms with Gasteiger partial charge < -0.3 is 4.98 Å². The lowest BCUT2D eigenvalue weighted by Gasteiger charge is -2.10. The Balaban J connectivity index is 1.47. The van der Waals surface area contributed by atoms with Crippen LogP contribution in [0, 0.1) is 6.92 Å². The summed E-state index contributed by atoms with van der Waals surface area (Å²) in [6.45, 7) is 1.77. The highest BCUT2D eigenvalue weighted by Gasteiger charge is 2.15. The van der Waals surface area contributed by atoms with E-state index in [0.29, 0.717) is 16.8 Å². The maximum atomic E-state index is 12.5. The van der Waals surface area contributed by atoms with Crippen molar-refractivity contribution in [1.29, 1.82) is 0 Å². The maximum Gasteiger partial charge on any atom is 0.271 e. The predicted molar refractivity (Wildman–Crippen MR) is 108 cm³/mol. The first-order valence-electron chi connectivity index (χ1n) is 8.83. The molecule has 0 unspecified atom stereocenters. The van der Waals surface area contributed by atoms with Gasteiger partial charge in [-0.1, -0.05) is 48.5 Å². The fourth-order valence-electron chi connectivity index (χ4n) is 3.08. The molecule has 4 rings (SSSR count). The lowest BCUT2D eigenvalue weighted by Crippen LogP contribution is -2.41. The van der Waals surface area contributed by atoms with Gasteiger partial charge in [0.25, 0.3) is 11.8 Å². The third-order valence-corrected chi connectivity index (χ3v) is 4.52. The van der Waals surface area contributed by atoms with E-state index < -0.39 is 11.8 Å². The van der Waals surface area contributed by atoms with E-state index in [1.165, 1.54) is 0 Å². The van der Waals surface area contributed by atoms with Crippen molar-refractivity contribution in [2.75, 3.05) is 0 Å². The third-order valence-electron chi connectivity index (χ3n) is 4.52. The number of rotatable bonds is 3. The van der Waals surface area contributed by atoms with Crippen molar-refractivity contribution in [2.24, 2.45) is 0 Å². The van der Waals surface area contributed by atoms with E-state index in [1.807, 2.05) is 54.6 Å². The third kappa shape index (κ3) is 3.35. The number of carbonyl (C=O) groups excluding carboxylic acids is 2. The lowest BCUT2D eigenvalue weighted by molar-refractivity contribution is 0.0847. The SMILES string of the molecule is Cc1nc(-c2ccccc2)ccc1C(=O)NNC(=O)c1c[nH]c2ccccc12. The number of aromatic nitrogens is 2. The summed E-state index contributed by atoms with van der Waals surface area (Å²) in [5.41, 5.74) is 8.99. The lowest BCUT2D eigenvalue weighted by atomic mass is 10.1. The van der Waals surface area contributed by atoms with Crippen LogP contribution in [0.4, 0.5) is 0 Å². The highest BCUT2D eigenvalue weighted by atomic mass is 16.2. The van der Waals surface area contributed by atoms with Crippen LogP contribution in [0.3, 0.4) is 0 Å². The molecule has 2 heterocycles. The van der Waals surface area contributed by atoms with Crippen molar-refractivity contribution in [3.63, 3.8) is 0 Å². The van der Waals surface area contributed by atoms with E-state index in [9.17, 15) is 9.59 Å². The van der Waals surface area contributed by atoms with E-state index in [2.05, 4.69) is 20.8 Å². The van der Waals surface area contributed by atoms with Gasteiger partial charge >= 0.3 is 0 Å². The molecule has 0 bridgehead atoms. The van der Waals surface area contributed by atoms with Crippen LogP contribution in [0.1, 0.15) is 26.4 Å². The molecule has 0 atom stereocenters. The molecule has 3 N–H and O–H groups in total. The molecule has 28 heavy (non-hydrogen) atoms. The topological polar surface area (TPSA) is 86.9 Å². The Hall–Kier alpha value is -3.93. The zero-order valence-corrected chi connectivity index (χ0v) is 15.2. The number of amides is 2. The Morgan fingerprint density at radius 1 is 0.821 bits per heavy atom. The monoisotopic (exact) mass is 370 g/mol. The standard InChI is InChI=1S/C22H18N4O2/c1-14-16(11-12-19(24-14)15-7-3-2-4-8-15)21(27)25-26-22(28)18-13-23-20-10-6-5-9-17(18)20/h2-13,23H,1H3,(H,25,27)(H,26,28). The first-order chi connectivity index (χ1) is 13.6. The number of fused-ring (bicyclic) bond motifs is 1. The van der Waals surface area contributed by atoms with Crippen molar-refractivity contribution in [2.45, 2.75) is 6.92 Å². The minimum Gasteiger partial charge on any atom is -0.360 e. The summed E-state index contributed by atoms with van der Waals surface area (Å²) in [6.07, 6.45) is 1.62.